The monoisotopic (exact) mass is 431 g/mol. The van der Waals surface area contributed by atoms with Crippen LogP contribution >= 0.6 is 0 Å². The predicted octanol–water partition coefficient (Wildman–Crippen LogP) is 3.07. The lowest BCUT2D eigenvalue weighted by Crippen LogP contribution is -2.29. The third-order valence-electron chi connectivity index (χ3n) is 4.04. The zero-order chi connectivity index (χ0) is 21.6. The summed E-state index contributed by atoms with van der Waals surface area (Å²) >= 11 is 0. The van der Waals surface area contributed by atoms with E-state index in [-0.39, 0.29) is 18.0 Å². The van der Waals surface area contributed by atoms with Gasteiger partial charge in [0.2, 0.25) is 16.0 Å². The molecule has 0 aliphatic carbocycles. The van der Waals surface area contributed by atoms with Crippen molar-refractivity contribution in [3.8, 4) is 5.75 Å². The Kier molecular flexibility index (Phi) is 6.80. The van der Waals surface area contributed by atoms with Crippen LogP contribution in [0, 0.1) is 12.7 Å². The van der Waals surface area contributed by atoms with E-state index in [2.05, 4.69) is 25.3 Å². The quantitative estimate of drug-likeness (QED) is 0.447. The molecule has 3 aromatic rings. The SMILES string of the molecule is COc1ccc(Nc2cc(C)nc(NCCNS(=O)(=O)c3ccccc3F)n2)cc1. The minimum Gasteiger partial charge on any atom is -0.497 e. The van der Waals surface area contributed by atoms with Crippen molar-refractivity contribution in [1.82, 2.24) is 14.7 Å². The summed E-state index contributed by atoms with van der Waals surface area (Å²) in [6.07, 6.45) is 0. The Hall–Kier alpha value is -3.24. The number of anilines is 3. The van der Waals surface area contributed by atoms with Crippen LogP contribution in [0.15, 0.2) is 59.5 Å². The summed E-state index contributed by atoms with van der Waals surface area (Å²) < 4.78 is 45.6. The smallest absolute Gasteiger partial charge is 0.243 e. The molecule has 158 valence electrons. The van der Waals surface area contributed by atoms with Crippen LogP contribution in [-0.2, 0) is 10.0 Å². The first-order chi connectivity index (χ1) is 14.4. The molecule has 0 unspecified atom stereocenters. The first-order valence-corrected chi connectivity index (χ1v) is 10.6. The van der Waals surface area contributed by atoms with Crippen molar-refractivity contribution < 1.29 is 17.5 Å². The molecule has 0 radical (unpaired) electrons. The number of methoxy groups -OCH3 is 1. The maximum atomic E-state index is 13.7. The molecule has 8 nitrogen and oxygen atoms in total. The fourth-order valence-electron chi connectivity index (χ4n) is 2.63. The third kappa shape index (κ3) is 5.65. The number of nitrogens with one attached hydrogen (secondary N) is 3. The van der Waals surface area contributed by atoms with Gasteiger partial charge in [0.05, 0.1) is 7.11 Å². The number of aromatic nitrogens is 2. The van der Waals surface area contributed by atoms with Crippen molar-refractivity contribution in [3.63, 3.8) is 0 Å². The normalized spacial score (nSPS) is 11.2. The zero-order valence-corrected chi connectivity index (χ0v) is 17.3. The fourth-order valence-corrected chi connectivity index (χ4v) is 3.74. The third-order valence-corrected chi connectivity index (χ3v) is 5.54. The van der Waals surface area contributed by atoms with Gasteiger partial charge in [-0.3, -0.25) is 0 Å². The highest BCUT2D eigenvalue weighted by Crippen LogP contribution is 2.20. The lowest BCUT2D eigenvalue weighted by molar-refractivity contribution is 0.415. The van der Waals surface area contributed by atoms with Crippen LogP contribution in [-0.4, -0.2) is 38.6 Å². The number of hydrogen-bond donors (Lipinski definition) is 3. The number of rotatable bonds is 9. The van der Waals surface area contributed by atoms with E-state index in [0.717, 1.165) is 23.2 Å². The van der Waals surface area contributed by atoms with Gasteiger partial charge in [0.25, 0.3) is 0 Å². The molecular weight excluding hydrogens is 409 g/mol. The van der Waals surface area contributed by atoms with E-state index in [4.69, 9.17) is 4.74 Å². The van der Waals surface area contributed by atoms with E-state index < -0.39 is 15.8 Å². The van der Waals surface area contributed by atoms with Gasteiger partial charge < -0.3 is 15.4 Å². The number of halogens is 1. The van der Waals surface area contributed by atoms with Gasteiger partial charge in [-0.15, -0.1) is 0 Å². The summed E-state index contributed by atoms with van der Waals surface area (Å²) in [5.41, 5.74) is 1.56. The Labute approximate surface area is 174 Å². The first-order valence-electron chi connectivity index (χ1n) is 9.12. The van der Waals surface area contributed by atoms with Gasteiger partial charge in [0.1, 0.15) is 22.3 Å². The van der Waals surface area contributed by atoms with Crippen molar-refractivity contribution >= 4 is 27.5 Å². The van der Waals surface area contributed by atoms with Gasteiger partial charge in [0.15, 0.2) is 0 Å². The zero-order valence-electron chi connectivity index (χ0n) is 16.5. The lowest BCUT2D eigenvalue weighted by atomic mass is 10.3. The molecule has 30 heavy (non-hydrogen) atoms. The fraction of sp³-hybridized carbons (Fsp3) is 0.200. The maximum absolute atomic E-state index is 13.7. The number of hydrogen-bond acceptors (Lipinski definition) is 7. The van der Waals surface area contributed by atoms with Crippen LogP contribution in [0.2, 0.25) is 0 Å². The molecule has 0 saturated carbocycles. The molecule has 0 fully saturated rings. The van der Waals surface area contributed by atoms with Crippen molar-refractivity contribution in [2.45, 2.75) is 11.8 Å². The minimum absolute atomic E-state index is 0.0369. The van der Waals surface area contributed by atoms with Gasteiger partial charge in [-0.2, -0.15) is 4.98 Å². The van der Waals surface area contributed by atoms with Crippen molar-refractivity contribution in [3.05, 3.63) is 66.1 Å². The van der Waals surface area contributed by atoms with Crippen molar-refractivity contribution in [2.75, 3.05) is 30.8 Å². The molecule has 10 heteroatoms. The highest BCUT2D eigenvalue weighted by Gasteiger charge is 2.17. The van der Waals surface area contributed by atoms with Gasteiger partial charge in [-0.05, 0) is 43.3 Å². The number of sulfonamides is 1. The average Bonchev–Trinajstić information content (AvgIpc) is 2.72. The Morgan fingerprint density at radius 2 is 1.77 bits per heavy atom. The van der Waals surface area contributed by atoms with E-state index in [1.54, 1.807) is 13.2 Å². The van der Waals surface area contributed by atoms with Crippen LogP contribution < -0.4 is 20.1 Å². The molecule has 3 N–H and O–H groups in total. The summed E-state index contributed by atoms with van der Waals surface area (Å²) in [5.74, 6) is 0.882. The Bertz CT molecular complexity index is 1110. The number of nitrogens with zero attached hydrogens (tertiary/aromatic N) is 2. The predicted molar refractivity (Wildman–Crippen MR) is 113 cm³/mol. The molecule has 0 aliphatic heterocycles. The van der Waals surface area contributed by atoms with Crippen molar-refractivity contribution in [1.29, 1.82) is 0 Å². The second-order valence-electron chi connectivity index (χ2n) is 6.33. The molecule has 0 amide bonds. The van der Waals surface area contributed by atoms with Crippen molar-refractivity contribution in [2.24, 2.45) is 0 Å². The molecule has 0 bridgehead atoms. The van der Waals surface area contributed by atoms with Gasteiger partial charge in [-0.25, -0.2) is 22.5 Å². The minimum atomic E-state index is -3.94. The molecule has 1 heterocycles. The summed E-state index contributed by atoms with van der Waals surface area (Å²) in [6.45, 7) is 2.08. The highest BCUT2D eigenvalue weighted by molar-refractivity contribution is 7.89. The molecular formula is C20H22FN5O3S. The van der Waals surface area contributed by atoms with Crippen LogP contribution in [0.3, 0.4) is 0 Å². The molecule has 0 spiro atoms. The Morgan fingerprint density at radius 3 is 2.47 bits per heavy atom. The van der Waals surface area contributed by atoms with E-state index in [9.17, 15) is 12.8 Å². The number of ether oxygens (including phenoxy) is 1. The molecule has 1 aromatic heterocycles. The maximum Gasteiger partial charge on any atom is 0.243 e. The molecule has 0 atom stereocenters. The van der Waals surface area contributed by atoms with E-state index >= 15 is 0 Å². The van der Waals surface area contributed by atoms with Gasteiger partial charge >= 0.3 is 0 Å². The van der Waals surface area contributed by atoms with Crippen LogP contribution in [0.5, 0.6) is 5.75 Å². The number of benzene rings is 2. The standard InChI is InChI=1S/C20H22FN5O3S/c1-14-13-19(25-15-7-9-16(29-2)10-8-15)26-20(24-14)22-11-12-23-30(27,28)18-6-4-3-5-17(18)21/h3-10,13,23H,11-12H2,1-2H3,(H2,22,24,25,26). The average molecular weight is 431 g/mol. The van der Waals surface area contributed by atoms with Crippen LogP contribution in [0.4, 0.5) is 21.8 Å². The largest absolute Gasteiger partial charge is 0.497 e. The second kappa shape index (κ2) is 9.51. The molecule has 2 aromatic carbocycles. The number of aryl methyl sites for hydroxylation is 1. The second-order valence-corrected chi connectivity index (χ2v) is 8.06. The molecule has 3 rings (SSSR count). The molecule has 0 aliphatic rings. The summed E-state index contributed by atoms with van der Waals surface area (Å²) in [5, 5.41) is 6.14. The topological polar surface area (TPSA) is 105 Å². The lowest BCUT2D eigenvalue weighted by Gasteiger charge is -2.11. The Morgan fingerprint density at radius 1 is 1.03 bits per heavy atom. The summed E-state index contributed by atoms with van der Waals surface area (Å²) in [6, 6.07) is 14.4. The van der Waals surface area contributed by atoms with E-state index in [1.807, 2.05) is 31.2 Å². The highest BCUT2D eigenvalue weighted by atomic mass is 32.2. The van der Waals surface area contributed by atoms with Gasteiger partial charge in [-0.1, -0.05) is 12.1 Å². The molecule has 0 saturated heterocycles. The summed E-state index contributed by atoms with van der Waals surface area (Å²) in [4.78, 5) is 8.28. The van der Waals surface area contributed by atoms with E-state index in [0.29, 0.717) is 11.8 Å². The Balaban J connectivity index is 1.58. The van der Waals surface area contributed by atoms with E-state index in [1.165, 1.54) is 18.2 Å². The van der Waals surface area contributed by atoms with Gasteiger partial charge in [0, 0.05) is 30.5 Å². The first kappa shape index (κ1) is 21.5. The summed E-state index contributed by atoms with van der Waals surface area (Å²) in [7, 11) is -2.33. The van der Waals surface area contributed by atoms with Crippen LogP contribution in [0.1, 0.15) is 5.69 Å². The van der Waals surface area contributed by atoms with Crippen LogP contribution in [0.25, 0.3) is 0 Å².